The fourth-order valence-electron chi connectivity index (χ4n) is 1.04. The van der Waals surface area contributed by atoms with Gasteiger partial charge >= 0.3 is 0 Å². The number of carbonyl (C=O) groups is 1. The quantitative estimate of drug-likeness (QED) is 0.656. The summed E-state index contributed by atoms with van der Waals surface area (Å²) in [6, 6.07) is 1.97. The molecule has 0 bridgehead atoms. The van der Waals surface area contributed by atoms with Gasteiger partial charge in [0, 0.05) is 21.7 Å². The van der Waals surface area contributed by atoms with Crippen molar-refractivity contribution >= 4 is 17.1 Å². The predicted octanol–water partition coefficient (Wildman–Crippen LogP) is 3.29. The second kappa shape index (κ2) is 3.85. The van der Waals surface area contributed by atoms with E-state index in [1.165, 1.54) is 4.88 Å². The lowest BCUT2D eigenvalue weighted by atomic mass is 9.99. The smallest absolute Gasteiger partial charge is 0.166 e. The third kappa shape index (κ3) is 1.95. The van der Waals surface area contributed by atoms with Crippen LogP contribution in [0.1, 0.15) is 35.5 Å². The molecule has 1 heterocycles. The molecular formula is C10H14OS. The van der Waals surface area contributed by atoms with E-state index in [0.717, 1.165) is 12.0 Å². The first-order valence-electron chi connectivity index (χ1n) is 4.24. The Morgan fingerprint density at radius 2 is 2.33 bits per heavy atom. The first-order chi connectivity index (χ1) is 5.65. The van der Waals surface area contributed by atoms with Gasteiger partial charge in [0.25, 0.3) is 0 Å². The minimum absolute atomic E-state index is 0.166. The van der Waals surface area contributed by atoms with E-state index in [4.69, 9.17) is 0 Å². The highest BCUT2D eigenvalue weighted by atomic mass is 32.1. The monoisotopic (exact) mass is 182 g/mol. The van der Waals surface area contributed by atoms with E-state index >= 15 is 0 Å². The van der Waals surface area contributed by atoms with Crippen molar-refractivity contribution in [2.75, 3.05) is 0 Å². The van der Waals surface area contributed by atoms with Gasteiger partial charge in [-0.1, -0.05) is 13.8 Å². The summed E-state index contributed by atoms with van der Waals surface area (Å²) < 4.78 is 0. The molecule has 0 saturated carbocycles. The van der Waals surface area contributed by atoms with Crippen LogP contribution in [0.15, 0.2) is 11.4 Å². The third-order valence-electron chi connectivity index (χ3n) is 2.08. The topological polar surface area (TPSA) is 17.1 Å². The zero-order valence-corrected chi connectivity index (χ0v) is 8.57. The number of carbonyl (C=O) groups excluding carboxylic acids is 1. The van der Waals surface area contributed by atoms with E-state index in [1.54, 1.807) is 11.3 Å². The molecule has 2 heteroatoms. The lowest BCUT2D eigenvalue weighted by Crippen LogP contribution is -2.08. The predicted molar refractivity (Wildman–Crippen MR) is 52.8 cm³/mol. The second-order valence-corrected chi connectivity index (χ2v) is 4.23. The number of hydrogen-bond donors (Lipinski definition) is 0. The molecule has 0 radical (unpaired) electrons. The lowest BCUT2D eigenvalue weighted by Gasteiger charge is -2.03. The zero-order chi connectivity index (χ0) is 9.14. The molecule has 0 aliphatic heterocycles. The summed E-state index contributed by atoms with van der Waals surface area (Å²) in [7, 11) is 0. The average molecular weight is 182 g/mol. The van der Waals surface area contributed by atoms with Gasteiger partial charge in [0.15, 0.2) is 5.78 Å². The van der Waals surface area contributed by atoms with Crippen molar-refractivity contribution < 1.29 is 4.79 Å². The molecular weight excluding hydrogens is 168 g/mol. The fraction of sp³-hybridized carbons (Fsp3) is 0.500. The molecule has 0 aliphatic carbocycles. The molecule has 0 aliphatic rings. The van der Waals surface area contributed by atoms with Gasteiger partial charge in [-0.3, -0.25) is 4.79 Å². The Balaban J connectivity index is 2.78. The number of thiophene rings is 1. The highest BCUT2D eigenvalue weighted by molar-refractivity contribution is 7.10. The van der Waals surface area contributed by atoms with Gasteiger partial charge < -0.3 is 0 Å². The van der Waals surface area contributed by atoms with Crippen LogP contribution in [0.2, 0.25) is 0 Å². The maximum Gasteiger partial charge on any atom is 0.166 e. The van der Waals surface area contributed by atoms with Crippen molar-refractivity contribution in [3.05, 3.63) is 21.9 Å². The largest absolute Gasteiger partial charge is 0.294 e. The van der Waals surface area contributed by atoms with Crippen LogP contribution in [0.5, 0.6) is 0 Å². The molecule has 1 aromatic heterocycles. The zero-order valence-electron chi connectivity index (χ0n) is 7.76. The Labute approximate surface area is 77.4 Å². The number of Topliss-reactive ketones (excluding diaryl/α,β-unsaturated/α-hetero) is 1. The molecule has 12 heavy (non-hydrogen) atoms. The molecule has 1 aromatic rings. The molecule has 1 atom stereocenters. The maximum absolute atomic E-state index is 11.6. The number of hydrogen-bond acceptors (Lipinski definition) is 2. The summed E-state index contributed by atoms with van der Waals surface area (Å²) in [5.41, 5.74) is 0.881. The lowest BCUT2D eigenvalue weighted by molar-refractivity contribution is 0.0927. The van der Waals surface area contributed by atoms with Gasteiger partial charge in [-0.2, -0.15) is 0 Å². The summed E-state index contributed by atoms with van der Waals surface area (Å²) >= 11 is 1.64. The summed E-state index contributed by atoms with van der Waals surface area (Å²) in [6.07, 6.45) is 0.924. The van der Waals surface area contributed by atoms with Crippen LogP contribution in [-0.2, 0) is 0 Å². The normalized spacial score (nSPS) is 12.9. The van der Waals surface area contributed by atoms with Crippen LogP contribution in [0.25, 0.3) is 0 Å². The van der Waals surface area contributed by atoms with Crippen LogP contribution in [0.4, 0.5) is 0 Å². The van der Waals surface area contributed by atoms with Crippen molar-refractivity contribution in [1.82, 2.24) is 0 Å². The van der Waals surface area contributed by atoms with Gasteiger partial charge in [0.05, 0.1) is 0 Å². The highest BCUT2D eigenvalue weighted by Crippen LogP contribution is 2.18. The van der Waals surface area contributed by atoms with Crippen molar-refractivity contribution in [3.8, 4) is 0 Å². The second-order valence-electron chi connectivity index (χ2n) is 3.12. The van der Waals surface area contributed by atoms with E-state index in [0.29, 0.717) is 0 Å². The van der Waals surface area contributed by atoms with E-state index in [2.05, 4.69) is 0 Å². The maximum atomic E-state index is 11.6. The van der Waals surface area contributed by atoms with Gasteiger partial charge in [0.2, 0.25) is 0 Å². The molecule has 1 rings (SSSR count). The van der Waals surface area contributed by atoms with Gasteiger partial charge in [-0.25, -0.2) is 0 Å². The fourth-order valence-corrected chi connectivity index (χ4v) is 1.73. The SMILES string of the molecule is CCC(C)C(=O)c1csc(C)c1. The summed E-state index contributed by atoms with van der Waals surface area (Å²) in [5, 5.41) is 1.95. The number of aryl methyl sites for hydroxylation is 1. The molecule has 0 aromatic carbocycles. The molecule has 0 saturated heterocycles. The Morgan fingerprint density at radius 3 is 2.75 bits per heavy atom. The van der Waals surface area contributed by atoms with Crippen molar-refractivity contribution in [2.24, 2.45) is 5.92 Å². The molecule has 66 valence electrons. The molecule has 1 unspecified atom stereocenters. The van der Waals surface area contributed by atoms with Crippen LogP contribution in [-0.4, -0.2) is 5.78 Å². The molecule has 1 nitrogen and oxygen atoms in total. The standard InChI is InChI=1S/C10H14OS/c1-4-7(2)10(11)9-5-8(3)12-6-9/h5-7H,4H2,1-3H3. The Morgan fingerprint density at radius 1 is 1.67 bits per heavy atom. The van der Waals surface area contributed by atoms with Crippen molar-refractivity contribution in [3.63, 3.8) is 0 Å². The van der Waals surface area contributed by atoms with Crippen LogP contribution in [0, 0.1) is 12.8 Å². The molecule has 0 N–H and O–H groups in total. The van der Waals surface area contributed by atoms with Gasteiger partial charge in [0.1, 0.15) is 0 Å². The number of rotatable bonds is 3. The molecule has 0 spiro atoms. The van der Waals surface area contributed by atoms with Gasteiger partial charge in [-0.15, -0.1) is 11.3 Å². The first kappa shape index (κ1) is 9.46. The Hall–Kier alpha value is -0.630. The Bertz CT molecular complexity index is 275. The highest BCUT2D eigenvalue weighted by Gasteiger charge is 2.13. The minimum Gasteiger partial charge on any atom is -0.294 e. The van der Waals surface area contributed by atoms with Crippen molar-refractivity contribution in [2.45, 2.75) is 27.2 Å². The van der Waals surface area contributed by atoms with Crippen LogP contribution in [0.3, 0.4) is 0 Å². The first-order valence-corrected chi connectivity index (χ1v) is 5.12. The molecule has 0 fully saturated rings. The summed E-state index contributed by atoms with van der Waals surface area (Å²) in [4.78, 5) is 12.8. The Kier molecular flexibility index (Phi) is 3.04. The van der Waals surface area contributed by atoms with Crippen LogP contribution >= 0.6 is 11.3 Å². The van der Waals surface area contributed by atoms with E-state index in [1.807, 2.05) is 32.2 Å². The van der Waals surface area contributed by atoms with E-state index in [9.17, 15) is 4.79 Å². The van der Waals surface area contributed by atoms with Crippen LogP contribution < -0.4 is 0 Å². The third-order valence-corrected chi connectivity index (χ3v) is 2.94. The summed E-state index contributed by atoms with van der Waals surface area (Å²) in [5.74, 6) is 0.445. The van der Waals surface area contributed by atoms with E-state index < -0.39 is 0 Å². The van der Waals surface area contributed by atoms with Crippen molar-refractivity contribution in [1.29, 1.82) is 0 Å². The minimum atomic E-state index is 0.166. The average Bonchev–Trinajstić information content (AvgIpc) is 2.49. The summed E-state index contributed by atoms with van der Waals surface area (Å²) in [6.45, 7) is 6.05. The number of ketones is 1. The van der Waals surface area contributed by atoms with E-state index in [-0.39, 0.29) is 11.7 Å². The van der Waals surface area contributed by atoms with Gasteiger partial charge in [-0.05, 0) is 19.4 Å². The molecule has 0 amide bonds.